The minimum absolute atomic E-state index is 0.0547. The molecule has 0 bridgehead atoms. The molecule has 4 heterocycles. The van der Waals surface area contributed by atoms with Gasteiger partial charge in [-0.1, -0.05) is 26.7 Å². The van der Waals surface area contributed by atoms with Crippen LogP contribution in [0.15, 0.2) is 29.1 Å². The number of nitro groups is 1. The summed E-state index contributed by atoms with van der Waals surface area (Å²) in [6, 6.07) is 6.72. The maximum Gasteiger partial charge on any atom is 0.343 e. The number of carbonyl (C=O) groups excluding carboxylic acids is 1. The van der Waals surface area contributed by atoms with Crippen LogP contribution in [-0.2, 0) is 34.7 Å². The van der Waals surface area contributed by atoms with Gasteiger partial charge in [0.05, 0.1) is 16.5 Å². The molecular weight excluding hydrogens is 438 g/mol. The number of nitrogens with zero attached hydrogens (tertiary/aromatic N) is 3. The van der Waals surface area contributed by atoms with Crippen LogP contribution in [0.4, 0.5) is 11.4 Å². The number of ether oxygens (including phenoxy) is 1. The number of aliphatic hydroxyl groups is 1. The number of cyclic esters (lactones) is 1. The van der Waals surface area contributed by atoms with Crippen molar-refractivity contribution >= 4 is 17.3 Å². The largest absolute Gasteiger partial charge is 0.458 e. The second-order valence-corrected chi connectivity index (χ2v) is 9.55. The molecule has 0 saturated heterocycles. The topological polar surface area (TPSA) is 115 Å². The van der Waals surface area contributed by atoms with Gasteiger partial charge in [0.1, 0.15) is 6.61 Å². The number of nitro benzene ring substituents is 1. The molecule has 0 amide bonds. The average molecular weight is 468 g/mol. The summed E-state index contributed by atoms with van der Waals surface area (Å²) in [5.41, 5.74) is 1.34. The Morgan fingerprint density at radius 1 is 1.24 bits per heavy atom. The first-order chi connectivity index (χ1) is 16.3. The number of unbranched alkanes of at least 4 members (excludes halogenated alkanes) is 2. The Balaban J connectivity index is 1.65. The van der Waals surface area contributed by atoms with Crippen molar-refractivity contribution in [2.45, 2.75) is 70.7 Å². The minimum atomic E-state index is -1.83. The monoisotopic (exact) mass is 467 g/mol. The molecule has 1 N–H and O–H groups in total. The number of esters is 1. The number of anilines is 1. The summed E-state index contributed by atoms with van der Waals surface area (Å²) < 4.78 is 6.91. The van der Waals surface area contributed by atoms with Crippen molar-refractivity contribution in [3.05, 3.63) is 67.1 Å². The minimum Gasteiger partial charge on any atom is -0.458 e. The molecule has 3 atom stereocenters. The number of aromatic nitrogens is 1. The number of carbonyl (C=O) groups is 1. The Kier molecular flexibility index (Phi) is 5.47. The summed E-state index contributed by atoms with van der Waals surface area (Å²) in [5.74, 6) is -0.665. The molecule has 0 saturated carbocycles. The summed E-state index contributed by atoms with van der Waals surface area (Å²) in [5, 5.41) is 22.5. The molecule has 2 aromatic rings. The van der Waals surface area contributed by atoms with Crippen LogP contribution in [0.5, 0.6) is 0 Å². The normalized spacial score (nSPS) is 24.7. The van der Waals surface area contributed by atoms with E-state index in [1.807, 2.05) is 12.1 Å². The lowest BCUT2D eigenvalue weighted by Crippen LogP contribution is -2.44. The van der Waals surface area contributed by atoms with E-state index in [9.17, 15) is 24.8 Å². The van der Waals surface area contributed by atoms with Crippen molar-refractivity contribution in [2.24, 2.45) is 5.92 Å². The molecule has 180 valence electrons. The average Bonchev–Trinajstić information content (AvgIpc) is 3.19. The second-order valence-electron chi connectivity index (χ2n) is 9.55. The fourth-order valence-corrected chi connectivity index (χ4v) is 5.87. The smallest absolute Gasteiger partial charge is 0.343 e. The van der Waals surface area contributed by atoms with Crippen LogP contribution in [0.3, 0.4) is 0 Å². The van der Waals surface area contributed by atoms with E-state index >= 15 is 0 Å². The van der Waals surface area contributed by atoms with E-state index in [0.717, 1.165) is 42.8 Å². The maximum atomic E-state index is 13.5. The summed E-state index contributed by atoms with van der Waals surface area (Å²) in [6.07, 6.45) is 3.79. The Morgan fingerprint density at radius 2 is 2.03 bits per heavy atom. The predicted molar refractivity (Wildman–Crippen MR) is 125 cm³/mol. The standard InChI is InChI=1S/C25H29N3O6/c1-3-5-6-9-26-20-8-7-17(28(32)33)11-15(20)10-16-13-27-21(22(16)26)12-19-18(23(27)29)14-34-24(30)25(19,31)4-2/h7-8,11-12,16,22,31H,3-6,9-10,13-14H2,1-2H3/t16?,22?,25-/m0/s1. The third kappa shape index (κ3) is 3.25. The molecule has 9 heteroatoms. The van der Waals surface area contributed by atoms with E-state index < -0.39 is 11.6 Å². The SMILES string of the molecule is CCCCCN1c2ccc([N+](=O)[O-])cc2CC2Cn3c(cc4c(c3=O)COC(=O)[C@]4(O)CC)C21. The highest BCUT2D eigenvalue weighted by Crippen LogP contribution is 2.48. The number of benzene rings is 1. The molecule has 2 unspecified atom stereocenters. The molecule has 34 heavy (non-hydrogen) atoms. The molecule has 0 aliphatic carbocycles. The third-order valence-electron chi connectivity index (χ3n) is 7.65. The molecule has 5 rings (SSSR count). The van der Waals surface area contributed by atoms with Crippen LogP contribution < -0.4 is 10.5 Å². The summed E-state index contributed by atoms with van der Waals surface area (Å²) in [7, 11) is 0. The first-order valence-electron chi connectivity index (χ1n) is 12.0. The number of hydrogen-bond acceptors (Lipinski definition) is 7. The molecule has 3 aliphatic heterocycles. The van der Waals surface area contributed by atoms with Crippen LogP contribution in [0.2, 0.25) is 0 Å². The lowest BCUT2D eigenvalue weighted by molar-refractivity contribution is -0.384. The van der Waals surface area contributed by atoms with Crippen molar-refractivity contribution in [2.75, 3.05) is 11.4 Å². The zero-order valence-electron chi connectivity index (χ0n) is 19.5. The number of fused-ring (bicyclic) bond motifs is 5. The number of rotatable bonds is 6. The fourth-order valence-electron chi connectivity index (χ4n) is 5.87. The molecule has 1 aromatic heterocycles. The first-order valence-corrected chi connectivity index (χ1v) is 12.0. The molecule has 9 nitrogen and oxygen atoms in total. The highest BCUT2D eigenvalue weighted by molar-refractivity contribution is 5.83. The van der Waals surface area contributed by atoms with Crippen LogP contribution in [0.25, 0.3) is 0 Å². The molecule has 1 aromatic carbocycles. The highest BCUT2D eigenvalue weighted by Gasteiger charge is 2.48. The Bertz CT molecular complexity index is 1240. The van der Waals surface area contributed by atoms with Crippen LogP contribution >= 0.6 is 0 Å². The first kappa shape index (κ1) is 22.6. The number of pyridine rings is 1. The summed E-state index contributed by atoms with van der Waals surface area (Å²) >= 11 is 0. The van der Waals surface area contributed by atoms with Crippen molar-refractivity contribution in [1.29, 1.82) is 0 Å². The molecular formula is C25H29N3O6. The van der Waals surface area contributed by atoms with Gasteiger partial charge in [0.2, 0.25) is 0 Å². The van der Waals surface area contributed by atoms with Crippen LogP contribution in [0, 0.1) is 16.0 Å². The highest BCUT2D eigenvalue weighted by atomic mass is 16.6. The maximum absolute atomic E-state index is 13.5. The fraction of sp³-hybridized carbons (Fsp3) is 0.520. The van der Waals surface area contributed by atoms with Crippen LogP contribution in [0.1, 0.15) is 68.0 Å². The Morgan fingerprint density at radius 3 is 2.74 bits per heavy atom. The van der Waals surface area contributed by atoms with Gasteiger partial charge in [-0.15, -0.1) is 0 Å². The Hall–Kier alpha value is -3.20. The van der Waals surface area contributed by atoms with Gasteiger partial charge in [-0.25, -0.2) is 4.79 Å². The number of non-ortho nitro benzene ring substituents is 1. The Labute approximate surface area is 197 Å². The second kappa shape index (κ2) is 8.23. The lowest BCUT2D eigenvalue weighted by atomic mass is 9.83. The van der Waals surface area contributed by atoms with Crippen molar-refractivity contribution in [3.8, 4) is 0 Å². The van der Waals surface area contributed by atoms with Crippen molar-refractivity contribution in [1.82, 2.24) is 4.57 Å². The van der Waals surface area contributed by atoms with Crippen molar-refractivity contribution < 1.29 is 19.6 Å². The van der Waals surface area contributed by atoms with E-state index in [1.54, 1.807) is 17.6 Å². The number of hydrogen-bond donors (Lipinski definition) is 1. The molecule has 3 aliphatic rings. The summed E-state index contributed by atoms with van der Waals surface area (Å²) in [4.78, 5) is 39.2. The van der Waals surface area contributed by atoms with E-state index in [1.165, 1.54) is 6.07 Å². The lowest BCUT2D eigenvalue weighted by Gasteiger charge is -2.41. The van der Waals surface area contributed by atoms with E-state index in [2.05, 4.69) is 11.8 Å². The quantitative estimate of drug-likeness (QED) is 0.300. The zero-order valence-corrected chi connectivity index (χ0v) is 19.5. The van der Waals surface area contributed by atoms with Crippen LogP contribution in [-0.4, -0.2) is 27.1 Å². The van der Waals surface area contributed by atoms with Gasteiger partial charge in [-0.3, -0.25) is 14.9 Å². The third-order valence-corrected chi connectivity index (χ3v) is 7.65. The summed E-state index contributed by atoms with van der Waals surface area (Å²) in [6.45, 7) is 4.93. The predicted octanol–water partition coefficient (Wildman–Crippen LogP) is 3.33. The van der Waals surface area contributed by atoms with E-state index in [0.29, 0.717) is 24.1 Å². The zero-order chi connectivity index (χ0) is 24.2. The van der Waals surface area contributed by atoms with E-state index in [-0.39, 0.29) is 41.2 Å². The van der Waals surface area contributed by atoms with Gasteiger partial charge in [-0.2, -0.15) is 0 Å². The molecule has 0 fully saturated rings. The van der Waals surface area contributed by atoms with Gasteiger partial charge >= 0.3 is 5.97 Å². The van der Waals surface area contributed by atoms with Crippen molar-refractivity contribution in [3.63, 3.8) is 0 Å². The van der Waals surface area contributed by atoms with Gasteiger partial charge < -0.3 is 19.3 Å². The van der Waals surface area contributed by atoms with Gasteiger partial charge in [-0.05, 0) is 37.0 Å². The van der Waals surface area contributed by atoms with Gasteiger partial charge in [0.15, 0.2) is 5.60 Å². The van der Waals surface area contributed by atoms with Gasteiger partial charge in [0.25, 0.3) is 11.2 Å². The molecule has 0 spiro atoms. The molecule has 0 radical (unpaired) electrons. The van der Waals surface area contributed by atoms with E-state index in [4.69, 9.17) is 4.74 Å². The van der Waals surface area contributed by atoms with Gasteiger partial charge in [0, 0.05) is 48.1 Å².